The molecule has 0 unspecified atom stereocenters. The fraction of sp³-hybridized carbons (Fsp3) is 0.400. The first-order chi connectivity index (χ1) is 9.18. The summed E-state index contributed by atoms with van der Waals surface area (Å²) in [4.78, 5) is 7.27. The number of aromatic amines is 1. The van der Waals surface area contributed by atoms with Crippen molar-refractivity contribution in [3.63, 3.8) is 0 Å². The van der Waals surface area contributed by atoms with Gasteiger partial charge in [-0.3, -0.25) is 4.98 Å². The molecule has 0 aromatic carbocycles. The van der Waals surface area contributed by atoms with Crippen molar-refractivity contribution in [3.05, 3.63) is 28.6 Å². The van der Waals surface area contributed by atoms with Gasteiger partial charge in [-0.25, -0.2) is 0 Å². The quantitative estimate of drug-likeness (QED) is 0.732. The van der Waals surface area contributed by atoms with Gasteiger partial charge >= 0.3 is 0 Å². The van der Waals surface area contributed by atoms with Crippen LogP contribution in [0.4, 0.5) is 0 Å². The number of halogens is 1. The largest absolute Gasteiger partial charge is 0.378 e. The van der Waals surface area contributed by atoms with E-state index in [2.05, 4.69) is 37.7 Å². The molecule has 2 aromatic rings. The van der Waals surface area contributed by atoms with E-state index in [0.29, 0.717) is 0 Å². The number of nitrogens with one attached hydrogen (secondary N) is 1. The van der Waals surface area contributed by atoms with Crippen molar-refractivity contribution in [1.82, 2.24) is 9.97 Å². The average Bonchev–Trinajstić information content (AvgIpc) is 2.82. The van der Waals surface area contributed by atoms with Crippen LogP contribution in [0.5, 0.6) is 0 Å². The van der Waals surface area contributed by atoms with Gasteiger partial charge in [0.2, 0.25) is 0 Å². The Labute approximate surface area is 120 Å². The Morgan fingerprint density at radius 2 is 2.05 bits per heavy atom. The van der Waals surface area contributed by atoms with E-state index in [1.165, 1.54) is 6.42 Å². The van der Waals surface area contributed by atoms with Gasteiger partial charge in [0, 0.05) is 22.3 Å². The van der Waals surface area contributed by atoms with Gasteiger partial charge in [0.25, 0.3) is 0 Å². The number of hydrogen-bond donors (Lipinski definition) is 2. The van der Waals surface area contributed by atoms with Crippen LogP contribution in [-0.4, -0.2) is 20.7 Å². The molecule has 4 heteroatoms. The maximum absolute atomic E-state index is 10.4. The van der Waals surface area contributed by atoms with Gasteiger partial charge in [0.15, 0.2) is 0 Å². The molecule has 3 rings (SSSR count). The highest BCUT2D eigenvalue weighted by Crippen LogP contribution is 2.28. The lowest BCUT2D eigenvalue weighted by Gasteiger charge is -2.26. The summed E-state index contributed by atoms with van der Waals surface area (Å²) in [5, 5.41) is 11.4. The molecular formula is C15H15BrN2O. The third kappa shape index (κ3) is 2.54. The molecule has 1 fully saturated rings. The molecule has 2 aromatic heterocycles. The molecule has 0 spiro atoms. The van der Waals surface area contributed by atoms with Crippen molar-refractivity contribution in [2.45, 2.75) is 37.7 Å². The Morgan fingerprint density at radius 1 is 1.26 bits per heavy atom. The lowest BCUT2D eigenvalue weighted by Crippen LogP contribution is -2.29. The molecule has 0 amide bonds. The minimum Gasteiger partial charge on any atom is -0.378 e. The third-order valence-corrected chi connectivity index (χ3v) is 4.25. The molecule has 0 bridgehead atoms. The van der Waals surface area contributed by atoms with Gasteiger partial charge in [-0.1, -0.05) is 18.3 Å². The van der Waals surface area contributed by atoms with Crippen LogP contribution in [-0.2, 0) is 0 Å². The maximum Gasteiger partial charge on any atom is 0.125 e. The van der Waals surface area contributed by atoms with Crippen LogP contribution in [0.1, 0.15) is 37.7 Å². The Hall–Kier alpha value is -1.31. The normalized spacial score (nSPS) is 18.0. The fourth-order valence-corrected chi connectivity index (χ4v) is 3.13. The van der Waals surface area contributed by atoms with Crippen LogP contribution in [0.15, 0.2) is 23.1 Å². The number of fused-ring (bicyclic) bond motifs is 1. The van der Waals surface area contributed by atoms with E-state index in [4.69, 9.17) is 0 Å². The number of aromatic nitrogens is 2. The number of pyridine rings is 1. The van der Waals surface area contributed by atoms with Crippen molar-refractivity contribution >= 4 is 26.8 Å². The number of H-pyrrole nitrogens is 1. The Morgan fingerprint density at radius 3 is 2.84 bits per heavy atom. The summed E-state index contributed by atoms with van der Waals surface area (Å²) < 4.78 is 0.922. The van der Waals surface area contributed by atoms with E-state index in [1.807, 2.05) is 6.20 Å². The number of rotatable bonds is 0. The Bertz CT molecular complexity index is 660. The monoisotopic (exact) mass is 318 g/mol. The summed E-state index contributed by atoms with van der Waals surface area (Å²) in [6.45, 7) is 0. The molecule has 0 aliphatic heterocycles. The van der Waals surface area contributed by atoms with Crippen molar-refractivity contribution in [2.75, 3.05) is 0 Å². The second kappa shape index (κ2) is 4.99. The van der Waals surface area contributed by atoms with Crippen molar-refractivity contribution in [2.24, 2.45) is 0 Å². The molecule has 0 atom stereocenters. The second-order valence-corrected chi connectivity index (χ2v) is 5.94. The molecule has 0 radical (unpaired) electrons. The van der Waals surface area contributed by atoms with Crippen molar-refractivity contribution in [1.29, 1.82) is 0 Å². The Kier molecular flexibility index (Phi) is 3.34. The van der Waals surface area contributed by atoms with Crippen LogP contribution < -0.4 is 0 Å². The van der Waals surface area contributed by atoms with Gasteiger partial charge in [-0.05, 0) is 41.6 Å². The van der Waals surface area contributed by atoms with Crippen LogP contribution in [0.25, 0.3) is 10.9 Å². The summed E-state index contributed by atoms with van der Waals surface area (Å²) in [7, 11) is 0. The van der Waals surface area contributed by atoms with Crippen LogP contribution in [0.2, 0.25) is 0 Å². The molecule has 1 aliphatic rings. The SMILES string of the molecule is OC1(C#Cc2c[nH]c3cncc(Br)c23)CCCCC1. The minimum absolute atomic E-state index is 0.783. The van der Waals surface area contributed by atoms with Gasteiger partial charge < -0.3 is 10.1 Å². The van der Waals surface area contributed by atoms with Crippen LogP contribution >= 0.6 is 15.9 Å². The summed E-state index contributed by atoms with van der Waals surface area (Å²) in [5.41, 5.74) is 1.05. The first-order valence-electron chi connectivity index (χ1n) is 6.54. The van der Waals surface area contributed by atoms with E-state index >= 15 is 0 Å². The summed E-state index contributed by atoms with van der Waals surface area (Å²) in [6.07, 6.45) is 10.3. The first kappa shape index (κ1) is 12.7. The van der Waals surface area contributed by atoms with E-state index < -0.39 is 5.60 Å². The van der Waals surface area contributed by atoms with E-state index in [9.17, 15) is 5.11 Å². The van der Waals surface area contributed by atoms with E-state index in [-0.39, 0.29) is 0 Å². The van der Waals surface area contributed by atoms with Gasteiger partial charge in [0.05, 0.1) is 17.3 Å². The highest BCUT2D eigenvalue weighted by molar-refractivity contribution is 9.10. The third-order valence-electron chi connectivity index (χ3n) is 3.65. The summed E-state index contributed by atoms with van der Waals surface area (Å²) >= 11 is 3.49. The van der Waals surface area contributed by atoms with Gasteiger partial charge in [-0.15, -0.1) is 0 Å². The fourth-order valence-electron chi connectivity index (χ4n) is 2.58. The topological polar surface area (TPSA) is 48.9 Å². The second-order valence-electron chi connectivity index (χ2n) is 5.09. The van der Waals surface area contributed by atoms with Crippen LogP contribution in [0, 0.1) is 11.8 Å². The van der Waals surface area contributed by atoms with E-state index in [1.54, 1.807) is 12.4 Å². The molecular weight excluding hydrogens is 304 g/mol. The van der Waals surface area contributed by atoms with Gasteiger partial charge in [-0.2, -0.15) is 0 Å². The minimum atomic E-state index is -0.804. The smallest absolute Gasteiger partial charge is 0.125 e. The standard InChI is InChI=1S/C15H15BrN2O/c16-12-9-17-10-13-14(12)11(8-18-13)4-7-15(19)5-2-1-3-6-15/h8-10,18-19H,1-3,5-6H2. The zero-order valence-electron chi connectivity index (χ0n) is 10.5. The zero-order valence-corrected chi connectivity index (χ0v) is 12.1. The predicted octanol–water partition coefficient (Wildman–Crippen LogP) is 3.37. The number of aliphatic hydroxyl groups is 1. The lowest BCUT2D eigenvalue weighted by atomic mass is 9.85. The average molecular weight is 319 g/mol. The first-order valence-corrected chi connectivity index (χ1v) is 7.33. The van der Waals surface area contributed by atoms with Crippen LogP contribution in [0.3, 0.4) is 0 Å². The Balaban J connectivity index is 1.98. The van der Waals surface area contributed by atoms with Crippen molar-refractivity contribution < 1.29 is 5.11 Å². The number of nitrogens with zero attached hydrogens (tertiary/aromatic N) is 1. The molecule has 3 nitrogen and oxygen atoms in total. The van der Waals surface area contributed by atoms with Gasteiger partial charge in [0.1, 0.15) is 5.60 Å². The van der Waals surface area contributed by atoms with Crippen molar-refractivity contribution in [3.8, 4) is 11.8 Å². The lowest BCUT2D eigenvalue weighted by molar-refractivity contribution is 0.0610. The molecule has 1 aliphatic carbocycles. The number of hydrogen-bond acceptors (Lipinski definition) is 2. The molecule has 19 heavy (non-hydrogen) atoms. The highest BCUT2D eigenvalue weighted by Gasteiger charge is 2.26. The highest BCUT2D eigenvalue weighted by atomic mass is 79.9. The zero-order chi connectivity index (χ0) is 13.3. The summed E-state index contributed by atoms with van der Waals surface area (Å²) in [6, 6.07) is 0. The molecule has 98 valence electrons. The molecule has 2 N–H and O–H groups in total. The van der Waals surface area contributed by atoms with E-state index in [0.717, 1.165) is 46.6 Å². The maximum atomic E-state index is 10.4. The molecule has 2 heterocycles. The molecule has 0 saturated heterocycles. The summed E-state index contributed by atoms with van der Waals surface area (Å²) in [5.74, 6) is 6.19. The predicted molar refractivity (Wildman–Crippen MR) is 78.7 cm³/mol. The molecule has 1 saturated carbocycles.